The first-order valence-corrected chi connectivity index (χ1v) is 6.13. The highest BCUT2D eigenvalue weighted by molar-refractivity contribution is 6.07. The van der Waals surface area contributed by atoms with Crippen molar-refractivity contribution in [3.63, 3.8) is 0 Å². The zero-order chi connectivity index (χ0) is 13.8. The second-order valence-electron chi connectivity index (χ2n) is 4.42. The van der Waals surface area contributed by atoms with E-state index < -0.39 is 0 Å². The minimum absolute atomic E-state index is 0.164. The van der Waals surface area contributed by atoms with E-state index in [2.05, 4.69) is 15.6 Å². The Balaban J connectivity index is 2.25. The van der Waals surface area contributed by atoms with Crippen LogP contribution in [0.25, 0.3) is 0 Å². The Hall–Kier alpha value is -2.36. The summed E-state index contributed by atoms with van der Waals surface area (Å²) in [7, 11) is 1.80. The van der Waals surface area contributed by atoms with Gasteiger partial charge in [-0.2, -0.15) is 0 Å². The second kappa shape index (κ2) is 5.52. The summed E-state index contributed by atoms with van der Waals surface area (Å²) in [6, 6.07) is 11.2. The lowest BCUT2D eigenvalue weighted by atomic mass is 10.1. The molecule has 4 heteroatoms. The molecule has 98 valence electrons. The monoisotopic (exact) mass is 255 g/mol. The maximum Gasteiger partial charge on any atom is 0.258 e. The summed E-state index contributed by atoms with van der Waals surface area (Å²) in [5.41, 5.74) is 3.40. The molecule has 0 radical (unpaired) electrons. The van der Waals surface area contributed by atoms with Crippen LogP contribution in [0.5, 0.6) is 0 Å². The topological polar surface area (TPSA) is 54.0 Å². The molecule has 0 aliphatic heterocycles. The first kappa shape index (κ1) is 13.1. The van der Waals surface area contributed by atoms with Gasteiger partial charge in [0.05, 0.1) is 5.56 Å². The number of anilines is 2. The average Bonchev–Trinajstić information content (AvgIpc) is 2.38. The maximum absolute atomic E-state index is 12.2. The predicted molar refractivity (Wildman–Crippen MR) is 77.7 cm³/mol. The molecule has 0 saturated heterocycles. The minimum atomic E-state index is -0.164. The molecule has 2 aromatic rings. The van der Waals surface area contributed by atoms with E-state index in [9.17, 15) is 4.79 Å². The van der Waals surface area contributed by atoms with Gasteiger partial charge in [-0.1, -0.05) is 12.1 Å². The van der Waals surface area contributed by atoms with Crippen LogP contribution in [0.15, 0.2) is 36.4 Å². The third-order valence-electron chi connectivity index (χ3n) is 2.82. The van der Waals surface area contributed by atoms with Crippen LogP contribution in [0.1, 0.15) is 21.6 Å². The van der Waals surface area contributed by atoms with Crippen molar-refractivity contribution in [3.8, 4) is 0 Å². The van der Waals surface area contributed by atoms with Crippen LogP contribution in [-0.4, -0.2) is 17.9 Å². The molecular weight excluding hydrogens is 238 g/mol. The minimum Gasteiger partial charge on any atom is -0.387 e. The fourth-order valence-corrected chi connectivity index (χ4v) is 1.86. The molecule has 0 aliphatic carbocycles. The number of nitrogens with zero attached hydrogens (tertiary/aromatic N) is 1. The Kier molecular flexibility index (Phi) is 3.80. The molecule has 0 spiro atoms. The fraction of sp³-hybridized carbons (Fsp3) is 0.200. The van der Waals surface area contributed by atoms with Gasteiger partial charge in [0.15, 0.2) is 0 Å². The number of pyridine rings is 1. The lowest BCUT2D eigenvalue weighted by Gasteiger charge is -2.10. The molecule has 2 N–H and O–H groups in total. The summed E-state index contributed by atoms with van der Waals surface area (Å²) in [5, 5.41) is 5.84. The number of nitrogens with one attached hydrogen (secondary N) is 2. The van der Waals surface area contributed by atoms with Crippen LogP contribution >= 0.6 is 0 Å². The highest BCUT2D eigenvalue weighted by Gasteiger charge is 2.11. The maximum atomic E-state index is 12.2. The van der Waals surface area contributed by atoms with Crippen LogP contribution < -0.4 is 10.6 Å². The highest BCUT2D eigenvalue weighted by atomic mass is 16.1. The van der Waals surface area contributed by atoms with Crippen molar-refractivity contribution >= 4 is 17.4 Å². The molecule has 0 atom stereocenters. The van der Waals surface area contributed by atoms with Crippen molar-refractivity contribution in [2.75, 3.05) is 17.7 Å². The fourth-order valence-electron chi connectivity index (χ4n) is 1.86. The number of hydrogen-bond acceptors (Lipinski definition) is 3. The summed E-state index contributed by atoms with van der Waals surface area (Å²) < 4.78 is 0. The summed E-state index contributed by atoms with van der Waals surface area (Å²) in [6.45, 7) is 3.88. The van der Waals surface area contributed by atoms with E-state index in [4.69, 9.17) is 0 Å². The van der Waals surface area contributed by atoms with Crippen LogP contribution in [0, 0.1) is 13.8 Å². The molecule has 0 fully saturated rings. The van der Waals surface area contributed by atoms with E-state index in [0.717, 1.165) is 16.9 Å². The first-order chi connectivity index (χ1) is 9.10. The molecule has 0 saturated carbocycles. The Morgan fingerprint density at radius 2 is 1.95 bits per heavy atom. The summed E-state index contributed by atoms with van der Waals surface area (Å²) in [6.07, 6.45) is 0. The van der Waals surface area contributed by atoms with E-state index in [1.165, 1.54) is 0 Å². The van der Waals surface area contributed by atoms with Gasteiger partial charge < -0.3 is 10.6 Å². The zero-order valence-electron chi connectivity index (χ0n) is 11.3. The molecule has 1 aromatic heterocycles. The van der Waals surface area contributed by atoms with E-state index in [1.807, 2.05) is 44.2 Å². The Morgan fingerprint density at radius 1 is 1.16 bits per heavy atom. The lowest BCUT2D eigenvalue weighted by molar-refractivity contribution is 0.102. The number of benzene rings is 1. The molecule has 4 nitrogen and oxygen atoms in total. The van der Waals surface area contributed by atoms with Gasteiger partial charge in [0.2, 0.25) is 0 Å². The van der Waals surface area contributed by atoms with Gasteiger partial charge in [-0.25, -0.2) is 4.98 Å². The molecule has 19 heavy (non-hydrogen) atoms. The summed E-state index contributed by atoms with van der Waals surface area (Å²) in [4.78, 5) is 16.5. The molecule has 0 bridgehead atoms. The largest absolute Gasteiger partial charge is 0.387 e. The zero-order valence-corrected chi connectivity index (χ0v) is 11.3. The van der Waals surface area contributed by atoms with Crippen molar-refractivity contribution in [3.05, 3.63) is 53.2 Å². The molecule has 0 aliphatic rings. The number of carbonyl (C=O) groups is 1. The van der Waals surface area contributed by atoms with E-state index in [0.29, 0.717) is 11.4 Å². The molecule has 1 aromatic carbocycles. The van der Waals surface area contributed by atoms with Crippen LogP contribution in [0.2, 0.25) is 0 Å². The standard InChI is InChI=1S/C15H17N3O/c1-10-7-8-12(13(9-10)16-3)15(19)18-14-6-4-5-11(2)17-14/h4-9,16H,1-3H3,(H,17,18,19). The Labute approximate surface area is 112 Å². The lowest BCUT2D eigenvalue weighted by Crippen LogP contribution is -2.15. The Bertz CT molecular complexity index is 608. The third-order valence-corrected chi connectivity index (χ3v) is 2.82. The van der Waals surface area contributed by atoms with Crippen molar-refractivity contribution < 1.29 is 4.79 Å². The van der Waals surface area contributed by atoms with E-state index in [-0.39, 0.29) is 5.91 Å². The van der Waals surface area contributed by atoms with Crippen LogP contribution in [0.3, 0.4) is 0 Å². The van der Waals surface area contributed by atoms with Crippen molar-refractivity contribution in [2.45, 2.75) is 13.8 Å². The number of aryl methyl sites for hydroxylation is 2. The SMILES string of the molecule is CNc1cc(C)ccc1C(=O)Nc1cccc(C)n1. The van der Waals surface area contributed by atoms with E-state index >= 15 is 0 Å². The second-order valence-corrected chi connectivity index (χ2v) is 4.42. The molecule has 2 rings (SSSR count). The van der Waals surface area contributed by atoms with Gasteiger partial charge in [-0.15, -0.1) is 0 Å². The van der Waals surface area contributed by atoms with Crippen molar-refractivity contribution in [1.29, 1.82) is 0 Å². The van der Waals surface area contributed by atoms with Gasteiger partial charge in [-0.3, -0.25) is 4.79 Å². The van der Waals surface area contributed by atoms with Crippen molar-refractivity contribution in [2.24, 2.45) is 0 Å². The summed E-state index contributed by atoms with van der Waals surface area (Å²) >= 11 is 0. The van der Waals surface area contributed by atoms with Crippen LogP contribution in [-0.2, 0) is 0 Å². The highest BCUT2D eigenvalue weighted by Crippen LogP contribution is 2.18. The smallest absolute Gasteiger partial charge is 0.258 e. The van der Waals surface area contributed by atoms with Gasteiger partial charge in [0.1, 0.15) is 5.82 Å². The number of carbonyl (C=O) groups excluding carboxylic acids is 1. The number of amides is 1. The molecular formula is C15H17N3O. The average molecular weight is 255 g/mol. The van der Waals surface area contributed by atoms with Gasteiger partial charge in [0.25, 0.3) is 5.91 Å². The van der Waals surface area contributed by atoms with Crippen LogP contribution in [0.4, 0.5) is 11.5 Å². The predicted octanol–water partition coefficient (Wildman–Crippen LogP) is 2.99. The van der Waals surface area contributed by atoms with Gasteiger partial charge in [0, 0.05) is 18.4 Å². The molecule has 1 amide bonds. The third kappa shape index (κ3) is 3.10. The van der Waals surface area contributed by atoms with Gasteiger partial charge in [-0.05, 0) is 43.7 Å². The quantitative estimate of drug-likeness (QED) is 0.886. The number of hydrogen-bond donors (Lipinski definition) is 2. The number of aromatic nitrogens is 1. The summed E-state index contributed by atoms with van der Waals surface area (Å²) in [5.74, 6) is 0.398. The van der Waals surface area contributed by atoms with Crippen molar-refractivity contribution in [1.82, 2.24) is 4.98 Å². The molecule has 1 heterocycles. The van der Waals surface area contributed by atoms with E-state index in [1.54, 1.807) is 13.1 Å². The molecule has 0 unspecified atom stereocenters. The van der Waals surface area contributed by atoms with Gasteiger partial charge >= 0.3 is 0 Å². The number of rotatable bonds is 3. The normalized spacial score (nSPS) is 10.1. The first-order valence-electron chi connectivity index (χ1n) is 6.13. The Morgan fingerprint density at radius 3 is 2.63 bits per heavy atom.